The van der Waals surface area contributed by atoms with E-state index >= 15 is 0 Å². The highest BCUT2D eigenvalue weighted by atomic mass is 16.5. The number of imide groups is 1. The van der Waals surface area contributed by atoms with Crippen LogP contribution in [-0.4, -0.2) is 44.1 Å². The first kappa shape index (κ1) is 24.3. The van der Waals surface area contributed by atoms with Crippen molar-refractivity contribution in [3.8, 4) is 5.75 Å². The summed E-state index contributed by atoms with van der Waals surface area (Å²) in [6.07, 6.45) is 2.38. The minimum Gasteiger partial charge on any atom is -0.491 e. The molecule has 1 aliphatic heterocycles. The number of hydrogen-bond acceptors (Lipinski definition) is 7. The second kappa shape index (κ2) is 10.7. The summed E-state index contributed by atoms with van der Waals surface area (Å²) >= 11 is 0. The molecule has 4 aromatic rings. The molecule has 9 nitrogen and oxygen atoms in total. The fraction of sp³-hybridized carbons (Fsp3) is 0.250. The largest absolute Gasteiger partial charge is 0.491 e. The topological polar surface area (TPSA) is 133 Å². The summed E-state index contributed by atoms with van der Waals surface area (Å²) in [5.41, 5.74) is 8.27. The number of piperidine rings is 1. The maximum absolute atomic E-state index is 12.4. The molecule has 1 unspecified atom stereocenters. The molecule has 1 aromatic heterocycles. The van der Waals surface area contributed by atoms with E-state index in [-0.39, 0.29) is 17.7 Å². The van der Waals surface area contributed by atoms with Crippen molar-refractivity contribution in [3.63, 3.8) is 0 Å². The number of carbonyl (C=O) groups excluding carboxylic acids is 3. The van der Waals surface area contributed by atoms with Crippen molar-refractivity contribution in [2.24, 2.45) is 0 Å². The number of hydrogen-bond donors (Lipinski definition) is 3. The van der Waals surface area contributed by atoms with Crippen LogP contribution in [-0.2, 0) is 14.3 Å². The van der Waals surface area contributed by atoms with Gasteiger partial charge in [0.25, 0.3) is 5.91 Å². The van der Waals surface area contributed by atoms with Crippen LogP contribution < -0.4 is 21.1 Å². The number of anilines is 1. The molecule has 190 valence electrons. The minimum atomic E-state index is -0.422. The van der Waals surface area contributed by atoms with E-state index < -0.39 is 5.92 Å². The van der Waals surface area contributed by atoms with Crippen molar-refractivity contribution >= 4 is 45.2 Å². The highest BCUT2D eigenvalue weighted by Gasteiger charge is 2.31. The van der Waals surface area contributed by atoms with Gasteiger partial charge in [-0.15, -0.1) is 0 Å². The SMILES string of the molecule is Nc1ccc(C(=O)NCCOCCOc2ccc3c(ccc4occ(C5CCC(=O)NC5=O)c43)c2)cc1. The Morgan fingerprint density at radius 1 is 1.05 bits per heavy atom. The minimum absolute atomic E-state index is 0.177. The fourth-order valence-electron chi connectivity index (χ4n) is 4.50. The summed E-state index contributed by atoms with van der Waals surface area (Å²) in [5.74, 6) is -0.441. The van der Waals surface area contributed by atoms with E-state index in [0.29, 0.717) is 61.8 Å². The van der Waals surface area contributed by atoms with Gasteiger partial charge in [-0.25, -0.2) is 0 Å². The summed E-state index contributed by atoms with van der Waals surface area (Å²) < 4.78 is 17.1. The highest BCUT2D eigenvalue weighted by molar-refractivity contribution is 6.10. The molecule has 0 saturated carbocycles. The van der Waals surface area contributed by atoms with Crippen LogP contribution in [0.25, 0.3) is 21.7 Å². The first-order valence-corrected chi connectivity index (χ1v) is 12.1. The molecule has 37 heavy (non-hydrogen) atoms. The monoisotopic (exact) mass is 501 g/mol. The summed E-state index contributed by atoms with van der Waals surface area (Å²) in [5, 5.41) is 8.00. The lowest BCUT2D eigenvalue weighted by molar-refractivity contribution is -0.134. The molecule has 2 heterocycles. The lowest BCUT2D eigenvalue weighted by Gasteiger charge is -2.20. The Morgan fingerprint density at radius 2 is 1.89 bits per heavy atom. The normalized spacial score (nSPS) is 15.6. The number of fused-ring (bicyclic) bond motifs is 3. The van der Waals surface area contributed by atoms with Crippen molar-refractivity contribution < 1.29 is 28.3 Å². The van der Waals surface area contributed by atoms with Gasteiger partial charge in [0, 0.05) is 35.2 Å². The molecule has 1 fully saturated rings. The Morgan fingerprint density at radius 3 is 2.70 bits per heavy atom. The average Bonchev–Trinajstić information content (AvgIpc) is 3.32. The van der Waals surface area contributed by atoms with Gasteiger partial charge in [0.15, 0.2) is 0 Å². The van der Waals surface area contributed by atoms with Crippen LogP contribution in [0.15, 0.2) is 65.3 Å². The van der Waals surface area contributed by atoms with Crippen LogP contribution in [0.3, 0.4) is 0 Å². The molecule has 0 aliphatic carbocycles. The Labute approximate surface area is 212 Å². The number of carbonyl (C=O) groups is 3. The summed E-state index contributed by atoms with van der Waals surface area (Å²) in [4.78, 5) is 36.1. The van der Waals surface area contributed by atoms with Crippen molar-refractivity contribution in [1.29, 1.82) is 0 Å². The van der Waals surface area contributed by atoms with Crippen LogP contribution >= 0.6 is 0 Å². The zero-order chi connectivity index (χ0) is 25.8. The molecular formula is C28H27N3O6. The summed E-state index contributed by atoms with van der Waals surface area (Å²) in [7, 11) is 0. The van der Waals surface area contributed by atoms with E-state index in [2.05, 4.69) is 10.6 Å². The number of nitrogen functional groups attached to an aromatic ring is 1. The van der Waals surface area contributed by atoms with E-state index in [1.807, 2.05) is 30.3 Å². The van der Waals surface area contributed by atoms with Gasteiger partial charge >= 0.3 is 0 Å². The number of amides is 3. The second-order valence-corrected chi connectivity index (χ2v) is 8.86. The number of nitrogens with one attached hydrogen (secondary N) is 2. The predicted molar refractivity (Wildman–Crippen MR) is 138 cm³/mol. The van der Waals surface area contributed by atoms with Gasteiger partial charge in [-0.3, -0.25) is 19.7 Å². The first-order chi connectivity index (χ1) is 18.0. The summed E-state index contributed by atoms with van der Waals surface area (Å²) in [6.45, 7) is 1.47. The number of nitrogens with two attached hydrogens (primary N) is 1. The zero-order valence-corrected chi connectivity index (χ0v) is 20.1. The molecule has 3 aromatic carbocycles. The van der Waals surface area contributed by atoms with E-state index in [0.717, 1.165) is 21.7 Å². The Hall–Kier alpha value is -4.37. The Balaban J connectivity index is 1.14. The van der Waals surface area contributed by atoms with Crippen molar-refractivity contribution in [2.45, 2.75) is 18.8 Å². The van der Waals surface area contributed by atoms with Crippen molar-refractivity contribution in [2.75, 3.05) is 32.1 Å². The van der Waals surface area contributed by atoms with Gasteiger partial charge in [0.05, 0.1) is 25.4 Å². The van der Waals surface area contributed by atoms with Crippen LogP contribution in [0.5, 0.6) is 5.75 Å². The molecule has 9 heteroatoms. The van der Waals surface area contributed by atoms with E-state index in [1.54, 1.807) is 30.5 Å². The van der Waals surface area contributed by atoms with Gasteiger partial charge in [-0.2, -0.15) is 0 Å². The van der Waals surface area contributed by atoms with Gasteiger partial charge in [-0.05, 0) is 65.7 Å². The molecule has 5 rings (SSSR count). The third kappa shape index (κ3) is 5.41. The Bertz CT molecular complexity index is 1460. The van der Waals surface area contributed by atoms with Gasteiger partial charge in [-0.1, -0.05) is 6.07 Å². The fourth-order valence-corrected chi connectivity index (χ4v) is 4.50. The second-order valence-electron chi connectivity index (χ2n) is 8.86. The molecule has 0 spiro atoms. The maximum Gasteiger partial charge on any atom is 0.251 e. The smallest absolute Gasteiger partial charge is 0.251 e. The number of benzene rings is 3. The maximum atomic E-state index is 12.4. The van der Waals surface area contributed by atoms with E-state index in [9.17, 15) is 14.4 Å². The molecule has 3 amide bonds. The molecule has 4 N–H and O–H groups in total. The lowest BCUT2D eigenvalue weighted by atomic mass is 9.89. The predicted octanol–water partition coefficient (Wildman–Crippen LogP) is 3.51. The van der Waals surface area contributed by atoms with Crippen LogP contribution in [0.2, 0.25) is 0 Å². The van der Waals surface area contributed by atoms with Gasteiger partial charge < -0.3 is 24.9 Å². The standard InChI is InChI=1S/C28H27N3O6/c29-19-4-1-17(2-5-19)27(33)30-11-12-35-13-14-36-20-6-7-21-18(15-20)3-9-24-26(21)23(16-37-24)22-8-10-25(32)31-28(22)34/h1-7,9,15-16,22H,8,10-14,29H2,(H,30,33)(H,31,32,34). The van der Waals surface area contributed by atoms with Gasteiger partial charge in [0.2, 0.25) is 11.8 Å². The third-order valence-electron chi connectivity index (χ3n) is 6.37. The van der Waals surface area contributed by atoms with Crippen LogP contribution in [0, 0.1) is 0 Å². The first-order valence-electron chi connectivity index (χ1n) is 12.1. The highest BCUT2D eigenvalue weighted by Crippen LogP contribution is 2.37. The summed E-state index contributed by atoms with van der Waals surface area (Å²) in [6, 6.07) is 16.3. The zero-order valence-electron chi connectivity index (χ0n) is 20.1. The molecule has 1 aliphatic rings. The Kier molecular flexibility index (Phi) is 7.04. The van der Waals surface area contributed by atoms with Gasteiger partial charge in [0.1, 0.15) is 17.9 Å². The van der Waals surface area contributed by atoms with Crippen LogP contribution in [0.4, 0.5) is 5.69 Å². The van der Waals surface area contributed by atoms with Crippen molar-refractivity contribution in [3.05, 3.63) is 72.0 Å². The molecular weight excluding hydrogens is 474 g/mol. The van der Waals surface area contributed by atoms with Crippen LogP contribution in [0.1, 0.15) is 34.7 Å². The molecule has 1 saturated heterocycles. The molecule has 0 bridgehead atoms. The third-order valence-corrected chi connectivity index (χ3v) is 6.37. The molecule has 0 radical (unpaired) electrons. The number of rotatable bonds is 9. The molecule has 1 atom stereocenters. The lowest BCUT2D eigenvalue weighted by Crippen LogP contribution is -2.39. The number of ether oxygens (including phenoxy) is 2. The van der Waals surface area contributed by atoms with E-state index in [1.165, 1.54) is 0 Å². The average molecular weight is 502 g/mol. The number of furan rings is 1. The quantitative estimate of drug-likeness (QED) is 0.182. The van der Waals surface area contributed by atoms with E-state index in [4.69, 9.17) is 19.6 Å². The van der Waals surface area contributed by atoms with Crippen molar-refractivity contribution in [1.82, 2.24) is 10.6 Å².